The number of hydrogen-bond acceptors (Lipinski definition) is 1. The molecule has 0 aromatic rings. The fourth-order valence-electron chi connectivity index (χ4n) is 0. The van der Waals surface area contributed by atoms with Crippen molar-refractivity contribution in [2.45, 2.75) is 0 Å². The van der Waals surface area contributed by atoms with Crippen LogP contribution in [0.25, 0.3) is 0 Å². The molecule has 0 heterocycles. The third kappa shape index (κ3) is 82.7. The van der Waals surface area contributed by atoms with Gasteiger partial charge in [0.1, 0.15) is 0 Å². The van der Waals surface area contributed by atoms with Gasteiger partial charge in [0.25, 0.3) is 0 Å². The van der Waals surface area contributed by atoms with E-state index in [2.05, 4.69) is 23.2 Å². The molecule has 48 valence electrons. The van der Waals surface area contributed by atoms with E-state index in [1.54, 1.807) is 0 Å². The lowest BCUT2D eigenvalue weighted by Crippen LogP contribution is -1.46. The standard InChI is InChI=1S/C2H2Cl2.CCl2O/c3-1-2-4;2-1(3)4/h1-2H;. The van der Waals surface area contributed by atoms with Gasteiger partial charge in [0, 0.05) is 11.1 Å². The molecule has 0 aromatic carbocycles. The molecule has 0 N–H and O–H groups in total. The molecular formula is C3H2Cl4O. The van der Waals surface area contributed by atoms with Gasteiger partial charge in [0.05, 0.1) is 0 Å². The first-order chi connectivity index (χ1) is 3.65. The van der Waals surface area contributed by atoms with Crippen LogP contribution in [0.4, 0.5) is 4.79 Å². The van der Waals surface area contributed by atoms with Gasteiger partial charge in [-0.15, -0.1) is 0 Å². The van der Waals surface area contributed by atoms with Gasteiger partial charge in [0.15, 0.2) is 0 Å². The smallest absolute Gasteiger partial charge is 0.262 e. The van der Waals surface area contributed by atoms with Gasteiger partial charge in [-0.25, -0.2) is 0 Å². The Morgan fingerprint density at radius 2 is 1.25 bits per heavy atom. The van der Waals surface area contributed by atoms with E-state index in [1.165, 1.54) is 11.1 Å². The van der Waals surface area contributed by atoms with Crippen molar-refractivity contribution in [2.24, 2.45) is 0 Å². The number of hydrogen-bond donors (Lipinski definition) is 0. The fraction of sp³-hybridized carbons (Fsp3) is 0. The molecule has 0 atom stereocenters. The van der Waals surface area contributed by atoms with Gasteiger partial charge in [-0.3, -0.25) is 4.79 Å². The lowest BCUT2D eigenvalue weighted by Gasteiger charge is -1.48. The Hall–Kier alpha value is 0.570. The number of carbonyl (C=O) groups is 1. The van der Waals surface area contributed by atoms with Crippen molar-refractivity contribution in [2.75, 3.05) is 0 Å². The average molecular weight is 196 g/mol. The van der Waals surface area contributed by atoms with Gasteiger partial charge in [-0.1, -0.05) is 23.2 Å². The van der Waals surface area contributed by atoms with Crippen LogP contribution in [0.15, 0.2) is 11.1 Å². The molecule has 0 spiro atoms. The first-order valence-corrected chi connectivity index (χ1v) is 2.98. The Labute approximate surface area is 67.2 Å². The minimum Gasteiger partial charge on any atom is -0.262 e. The van der Waals surface area contributed by atoms with E-state index in [0.717, 1.165) is 0 Å². The summed E-state index contributed by atoms with van der Waals surface area (Å²) in [5.41, 5.74) is 2.48. The number of carbonyl (C=O) groups excluding carboxylic acids is 1. The predicted octanol–water partition coefficient (Wildman–Crippen LogP) is 3.52. The highest BCUT2D eigenvalue weighted by Crippen LogP contribution is 1.84. The third-order valence-electron chi connectivity index (χ3n) is 0.0476. The van der Waals surface area contributed by atoms with E-state index in [9.17, 15) is 0 Å². The van der Waals surface area contributed by atoms with Crippen molar-refractivity contribution in [3.05, 3.63) is 11.1 Å². The Morgan fingerprint density at radius 1 is 1.12 bits per heavy atom. The SMILES string of the molecule is ClC=CCl.O=C(Cl)Cl. The van der Waals surface area contributed by atoms with E-state index in [4.69, 9.17) is 28.0 Å². The van der Waals surface area contributed by atoms with E-state index >= 15 is 0 Å². The molecule has 1 nitrogen and oxygen atoms in total. The Morgan fingerprint density at radius 3 is 1.25 bits per heavy atom. The summed E-state index contributed by atoms with van der Waals surface area (Å²) in [6, 6.07) is 0. The summed E-state index contributed by atoms with van der Waals surface area (Å²) in [4.78, 5) is 8.98. The summed E-state index contributed by atoms with van der Waals surface area (Å²) in [5.74, 6) is 0. The molecule has 0 aliphatic carbocycles. The second-order valence-corrected chi connectivity index (χ2v) is 1.86. The molecule has 5 heteroatoms. The van der Waals surface area contributed by atoms with E-state index in [0.29, 0.717) is 0 Å². The molecule has 0 aliphatic rings. The van der Waals surface area contributed by atoms with Gasteiger partial charge in [0.2, 0.25) is 0 Å². The van der Waals surface area contributed by atoms with Crippen molar-refractivity contribution < 1.29 is 4.79 Å². The summed E-state index contributed by atoms with van der Waals surface area (Å²) < 4.78 is -0.889. The van der Waals surface area contributed by atoms with E-state index in [1.807, 2.05) is 0 Å². The molecule has 0 saturated carbocycles. The maximum absolute atomic E-state index is 8.98. The second-order valence-electron chi connectivity index (χ2n) is 0.478. The van der Waals surface area contributed by atoms with Crippen LogP contribution in [0.1, 0.15) is 0 Å². The maximum Gasteiger partial charge on any atom is 0.313 e. The molecular weight excluding hydrogens is 194 g/mol. The van der Waals surface area contributed by atoms with Crippen LogP contribution in [-0.4, -0.2) is 4.70 Å². The lowest BCUT2D eigenvalue weighted by atomic mass is 11.3. The Bertz CT molecular complexity index is 71.4. The normalized spacial score (nSPS) is 8.00. The number of rotatable bonds is 0. The summed E-state index contributed by atoms with van der Waals surface area (Å²) in [5, 5.41) is 0. The van der Waals surface area contributed by atoms with Crippen LogP contribution in [0, 0.1) is 0 Å². The van der Waals surface area contributed by atoms with Crippen LogP contribution < -0.4 is 0 Å². The lowest BCUT2D eigenvalue weighted by molar-refractivity contribution is 0.275. The first-order valence-electron chi connectivity index (χ1n) is 1.35. The topological polar surface area (TPSA) is 17.1 Å². The van der Waals surface area contributed by atoms with Crippen LogP contribution >= 0.6 is 46.4 Å². The van der Waals surface area contributed by atoms with Gasteiger partial charge in [-0.05, 0) is 23.2 Å². The molecule has 0 aromatic heterocycles. The Kier molecular flexibility index (Phi) is 15.0. The van der Waals surface area contributed by atoms with Crippen molar-refractivity contribution in [1.29, 1.82) is 0 Å². The molecule has 0 amide bonds. The van der Waals surface area contributed by atoms with Crippen molar-refractivity contribution in [3.8, 4) is 0 Å². The van der Waals surface area contributed by atoms with E-state index < -0.39 is 4.70 Å². The molecule has 0 saturated heterocycles. The molecule has 8 heavy (non-hydrogen) atoms. The van der Waals surface area contributed by atoms with Gasteiger partial charge >= 0.3 is 4.70 Å². The van der Waals surface area contributed by atoms with E-state index in [-0.39, 0.29) is 0 Å². The van der Waals surface area contributed by atoms with Crippen molar-refractivity contribution in [1.82, 2.24) is 0 Å². The molecule has 0 fully saturated rings. The minimum atomic E-state index is -0.889. The molecule has 0 bridgehead atoms. The number of halogens is 4. The summed E-state index contributed by atoms with van der Waals surface area (Å²) in [6.45, 7) is 0. The second kappa shape index (κ2) is 10.5. The minimum absolute atomic E-state index is 0.889. The predicted molar refractivity (Wildman–Crippen MR) is 37.9 cm³/mol. The average Bonchev–Trinajstić information content (AvgIpc) is 1.65. The zero-order valence-electron chi connectivity index (χ0n) is 3.57. The van der Waals surface area contributed by atoms with Crippen molar-refractivity contribution in [3.63, 3.8) is 0 Å². The fourth-order valence-corrected chi connectivity index (χ4v) is 0. The summed E-state index contributed by atoms with van der Waals surface area (Å²) >= 11 is 18.5. The monoisotopic (exact) mass is 194 g/mol. The van der Waals surface area contributed by atoms with Crippen LogP contribution in [-0.2, 0) is 0 Å². The third-order valence-corrected chi connectivity index (χ3v) is 0.429. The zero-order valence-corrected chi connectivity index (χ0v) is 6.60. The molecule has 0 radical (unpaired) electrons. The van der Waals surface area contributed by atoms with Crippen LogP contribution in [0.2, 0.25) is 0 Å². The van der Waals surface area contributed by atoms with Gasteiger partial charge < -0.3 is 0 Å². The molecule has 0 rings (SSSR count). The van der Waals surface area contributed by atoms with Crippen molar-refractivity contribution >= 4 is 51.1 Å². The zero-order chi connectivity index (χ0) is 6.99. The highest BCUT2D eigenvalue weighted by atomic mass is 35.5. The highest BCUT2D eigenvalue weighted by molar-refractivity contribution is 6.93. The summed E-state index contributed by atoms with van der Waals surface area (Å²) in [7, 11) is 0. The molecule has 0 unspecified atom stereocenters. The van der Waals surface area contributed by atoms with Gasteiger partial charge in [-0.2, -0.15) is 0 Å². The van der Waals surface area contributed by atoms with Crippen LogP contribution in [0.5, 0.6) is 0 Å². The Balaban J connectivity index is 0. The summed E-state index contributed by atoms with van der Waals surface area (Å²) in [6.07, 6.45) is 0. The maximum atomic E-state index is 8.98. The first kappa shape index (κ1) is 11.4. The largest absolute Gasteiger partial charge is 0.313 e. The quantitative estimate of drug-likeness (QED) is 0.541. The highest BCUT2D eigenvalue weighted by Gasteiger charge is 1.72. The van der Waals surface area contributed by atoms with Crippen LogP contribution in [0.3, 0.4) is 0 Å². The molecule has 0 aliphatic heterocycles.